The number of nitrogens with zero attached hydrogens (tertiary/aromatic N) is 5. The molecule has 0 aliphatic carbocycles. The van der Waals surface area contributed by atoms with E-state index >= 15 is 0 Å². The first kappa shape index (κ1) is 20.3. The number of rotatable bonds is 4. The molecule has 0 N–H and O–H groups in total. The number of anilines is 1. The molecule has 0 bridgehead atoms. The van der Waals surface area contributed by atoms with Crippen LogP contribution >= 0.6 is 0 Å². The van der Waals surface area contributed by atoms with Crippen molar-refractivity contribution in [2.75, 3.05) is 31.1 Å². The Hall–Kier alpha value is -3.33. The average molecular weight is 447 g/mol. The number of benzene rings is 1. The molecule has 33 heavy (non-hydrogen) atoms. The number of aromatic nitrogens is 3. The number of cyclic esters (lactones) is 1. The molecule has 9 heteroatoms. The van der Waals surface area contributed by atoms with Gasteiger partial charge in [0.25, 0.3) is 0 Å². The maximum atomic E-state index is 12.8. The Bertz CT molecular complexity index is 1260. The second-order valence-corrected chi connectivity index (χ2v) is 9.48. The third-order valence-corrected chi connectivity index (χ3v) is 7.60. The topological polar surface area (TPSA) is 102 Å². The van der Waals surface area contributed by atoms with Gasteiger partial charge < -0.3 is 9.64 Å². The van der Waals surface area contributed by atoms with E-state index in [9.17, 15) is 9.59 Å². The van der Waals surface area contributed by atoms with Crippen LogP contribution in [0.1, 0.15) is 46.3 Å². The number of ether oxygens (including phenoxy) is 1. The van der Waals surface area contributed by atoms with Crippen LogP contribution in [0.15, 0.2) is 28.9 Å². The molecule has 6 rings (SSSR count). The Morgan fingerprint density at radius 3 is 2.79 bits per heavy atom. The van der Waals surface area contributed by atoms with Crippen molar-refractivity contribution in [3.05, 3.63) is 46.5 Å². The highest BCUT2D eigenvalue weighted by Crippen LogP contribution is 2.42. The van der Waals surface area contributed by atoms with Crippen molar-refractivity contribution in [1.29, 1.82) is 0 Å². The fourth-order valence-corrected chi connectivity index (χ4v) is 5.46. The highest BCUT2D eigenvalue weighted by molar-refractivity contribution is 5.96. The molecular weight excluding hydrogens is 422 g/mol. The number of amides is 1. The number of hydrogen-bond acceptors (Lipinski definition) is 8. The smallest absolute Gasteiger partial charge is 0.338 e. The van der Waals surface area contributed by atoms with E-state index in [1.54, 1.807) is 11.0 Å². The van der Waals surface area contributed by atoms with Crippen molar-refractivity contribution in [2.45, 2.75) is 39.2 Å². The number of piperidine rings is 1. The van der Waals surface area contributed by atoms with Gasteiger partial charge in [-0.1, -0.05) is 6.07 Å². The molecule has 170 valence electrons. The van der Waals surface area contributed by atoms with Gasteiger partial charge in [-0.05, 0) is 84.3 Å². The lowest BCUT2D eigenvalue weighted by Crippen LogP contribution is -2.42. The van der Waals surface area contributed by atoms with Crippen LogP contribution in [0.5, 0.6) is 0 Å². The molecule has 5 heterocycles. The lowest BCUT2D eigenvalue weighted by molar-refractivity contribution is -0.118. The molecule has 2 saturated heterocycles. The Morgan fingerprint density at radius 2 is 1.94 bits per heavy atom. The highest BCUT2D eigenvalue weighted by atomic mass is 16.6. The molecule has 0 unspecified atom stereocenters. The Balaban J connectivity index is 1.08. The van der Waals surface area contributed by atoms with E-state index in [0.29, 0.717) is 42.1 Å². The predicted molar refractivity (Wildman–Crippen MR) is 119 cm³/mol. The fourth-order valence-electron chi connectivity index (χ4n) is 5.46. The first-order valence-electron chi connectivity index (χ1n) is 11.4. The van der Waals surface area contributed by atoms with Crippen molar-refractivity contribution in [3.8, 4) is 0 Å². The molecule has 9 nitrogen and oxygen atoms in total. The second-order valence-electron chi connectivity index (χ2n) is 9.48. The molecule has 2 aromatic heterocycles. The SMILES string of the molecule is Cc1c(CCN2CCC3(CC2)CC(=O)N(c2ccc4nonc4n2)C3)ccc2c1COC2=O. The number of carbonyl (C=O) groups excluding carboxylic acids is 2. The van der Waals surface area contributed by atoms with Crippen molar-refractivity contribution in [2.24, 2.45) is 5.41 Å². The van der Waals surface area contributed by atoms with Crippen LogP contribution in [0, 0.1) is 12.3 Å². The van der Waals surface area contributed by atoms with Gasteiger partial charge in [-0.2, -0.15) is 0 Å². The van der Waals surface area contributed by atoms with E-state index in [-0.39, 0.29) is 17.3 Å². The van der Waals surface area contributed by atoms with E-state index in [4.69, 9.17) is 9.37 Å². The molecule has 1 spiro atoms. The number of hydrogen-bond donors (Lipinski definition) is 0. The Kier molecular flexibility index (Phi) is 4.69. The number of carbonyl (C=O) groups is 2. The lowest BCUT2D eigenvalue weighted by Gasteiger charge is -2.38. The van der Waals surface area contributed by atoms with Gasteiger partial charge in [0.15, 0.2) is 5.52 Å². The van der Waals surface area contributed by atoms with Gasteiger partial charge in [-0.25, -0.2) is 14.4 Å². The van der Waals surface area contributed by atoms with Crippen molar-refractivity contribution < 1.29 is 19.0 Å². The summed E-state index contributed by atoms with van der Waals surface area (Å²) in [6.07, 6.45) is 3.50. The Labute approximate surface area is 190 Å². The van der Waals surface area contributed by atoms with Crippen LogP contribution in [0.4, 0.5) is 5.82 Å². The third-order valence-electron chi connectivity index (χ3n) is 7.60. The summed E-state index contributed by atoms with van der Waals surface area (Å²) in [5.41, 5.74) is 5.22. The van der Waals surface area contributed by atoms with Crippen molar-refractivity contribution in [3.63, 3.8) is 0 Å². The zero-order valence-corrected chi connectivity index (χ0v) is 18.5. The van der Waals surface area contributed by atoms with E-state index in [1.165, 1.54) is 11.1 Å². The normalized spacial score (nSPS) is 20.1. The first-order chi connectivity index (χ1) is 16.0. The molecule has 3 aliphatic heterocycles. The summed E-state index contributed by atoms with van der Waals surface area (Å²) in [7, 11) is 0. The van der Waals surface area contributed by atoms with Gasteiger partial charge in [0.05, 0.1) is 5.56 Å². The lowest BCUT2D eigenvalue weighted by atomic mass is 9.77. The zero-order chi connectivity index (χ0) is 22.6. The van der Waals surface area contributed by atoms with Gasteiger partial charge in [-0.15, -0.1) is 0 Å². The molecule has 2 fully saturated rings. The van der Waals surface area contributed by atoms with E-state index < -0.39 is 0 Å². The maximum absolute atomic E-state index is 12.8. The van der Waals surface area contributed by atoms with E-state index in [2.05, 4.69) is 33.2 Å². The minimum Gasteiger partial charge on any atom is -0.457 e. The van der Waals surface area contributed by atoms with Crippen LogP contribution in [0.25, 0.3) is 11.2 Å². The molecule has 1 amide bonds. The van der Waals surface area contributed by atoms with Crippen LogP contribution in [0.3, 0.4) is 0 Å². The van der Waals surface area contributed by atoms with Crippen LogP contribution in [-0.2, 0) is 22.6 Å². The highest BCUT2D eigenvalue weighted by Gasteiger charge is 2.45. The summed E-state index contributed by atoms with van der Waals surface area (Å²) in [6, 6.07) is 7.57. The summed E-state index contributed by atoms with van der Waals surface area (Å²) in [4.78, 5) is 33.3. The van der Waals surface area contributed by atoms with Gasteiger partial charge in [-0.3, -0.25) is 9.69 Å². The molecule has 0 atom stereocenters. The molecule has 0 radical (unpaired) electrons. The number of pyridine rings is 1. The second kappa shape index (κ2) is 7.62. The number of likely N-dealkylation sites (tertiary alicyclic amines) is 1. The fraction of sp³-hybridized carbons (Fsp3) is 0.458. The Morgan fingerprint density at radius 1 is 1.09 bits per heavy atom. The predicted octanol–water partition coefficient (Wildman–Crippen LogP) is 2.66. The largest absolute Gasteiger partial charge is 0.457 e. The zero-order valence-electron chi connectivity index (χ0n) is 18.5. The van der Waals surface area contributed by atoms with Crippen LogP contribution in [0.2, 0.25) is 0 Å². The molecule has 3 aromatic rings. The van der Waals surface area contributed by atoms with Gasteiger partial charge >= 0.3 is 5.97 Å². The summed E-state index contributed by atoms with van der Waals surface area (Å²) >= 11 is 0. The summed E-state index contributed by atoms with van der Waals surface area (Å²) in [6.45, 7) is 6.10. The minimum absolute atomic E-state index is 0.00742. The quantitative estimate of drug-likeness (QED) is 0.563. The summed E-state index contributed by atoms with van der Waals surface area (Å²) in [5, 5.41) is 7.58. The monoisotopic (exact) mass is 447 g/mol. The standard InChI is InChI=1S/C24H25N5O4/c1-15-16(2-3-17-18(15)13-32-23(17)31)6-9-28-10-7-24(8-11-28)12-21(30)29(14-24)20-5-4-19-22(25-20)27-33-26-19/h2-5H,6-14H2,1H3. The average Bonchev–Trinajstić information content (AvgIpc) is 3.52. The molecule has 0 saturated carbocycles. The van der Waals surface area contributed by atoms with Gasteiger partial charge in [0.1, 0.15) is 12.4 Å². The molecule has 3 aliphatic rings. The van der Waals surface area contributed by atoms with Crippen molar-refractivity contribution >= 4 is 28.9 Å². The van der Waals surface area contributed by atoms with Crippen molar-refractivity contribution in [1.82, 2.24) is 20.2 Å². The van der Waals surface area contributed by atoms with Gasteiger partial charge in [0.2, 0.25) is 11.6 Å². The summed E-state index contributed by atoms with van der Waals surface area (Å²) < 4.78 is 9.90. The third kappa shape index (κ3) is 3.47. The number of fused-ring (bicyclic) bond motifs is 2. The first-order valence-corrected chi connectivity index (χ1v) is 11.4. The van der Waals surface area contributed by atoms with E-state index in [0.717, 1.165) is 44.5 Å². The molecular formula is C24H25N5O4. The molecule has 1 aromatic carbocycles. The van der Waals surface area contributed by atoms with E-state index in [1.807, 2.05) is 12.1 Å². The summed E-state index contributed by atoms with van der Waals surface area (Å²) in [5.74, 6) is 0.531. The number of esters is 1. The minimum atomic E-state index is -0.214. The van der Waals surface area contributed by atoms with Crippen LogP contribution < -0.4 is 4.90 Å². The van der Waals surface area contributed by atoms with Crippen LogP contribution in [-0.4, -0.2) is 58.3 Å². The van der Waals surface area contributed by atoms with Gasteiger partial charge in [0, 0.05) is 25.1 Å². The maximum Gasteiger partial charge on any atom is 0.338 e.